The Morgan fingerprint density at radius 1 is 0.955 bits per heavy atom. The van der Waals surface area contributed by atoms with E-state index in [1.807, 2.05) is 0 Å². The van der Waals surface area contributed by atoms with Gasteiger partial charge in [-0.15, -0.1) is 5.10 Å². The van der Waals surface area contributed by atoms with Crippen LogP contribution in [0.3, 0.4) is 0 Å². The number of nitrogens with zero attached hydrogens (tertiary/aromatic N) is 4. The number of anilines is 1. The largest absolute Gasteiger partial charge is 0.508 e. The van der Waals surface area contributed by atoms with E-state index in [-0.39, 0.29) is 49.0 Å². The second kappa shape index (κ2) is 13.1. The van der Waals surface area contributed by atoms with Crippen LogP contribution in [-0.2, 0) is 26.7 Å². The quantitative estimate of drug-likeness (QED) is 0.154. The zero-order chi connectivity index (χ0) is 31.4. The number of hydrogen-bond donors (Lipinski definition) is 2. The third kappa shape index (κ3) is 6.72. The van der Waals surface area contributed by atoms with Gasteiger partial charge in [-0.3, -0.25) is 9.36 Å². The lowest BCUT2D eigenvalue weighted by Crippen LogP contribution is -2.21. The van der Waals surface area contributed by atoms with Crippen molar-refractivity contribution in [1.82, 2.24) is 19.6 Å². The van der Waals surface area contributed by atoms with E-state index >= 15 is 0 Å². The molecule has 5 rings (SSSR count). The summed E-state index contributed by atoms with van der Waals surface area (Å²) in [6.07, 6.45) is 1.69. The maximum atomic E-state index is 14.0. The lowest BCUT2D eigenvalue weighted by molar-refractivity contribution is 0.213. The lowest BCUT2D eigenvalue weighted by atomic mass is 10.1. The Hall–Kier alpha value is -4.38. The summed E-state index contributed by atoms with van der Waals surface area (Å²) in [4.78, 5) is 12.8. The highest BCUT2D eigenvalue weighted by Crippen LogP contribution is 2.62. The summed E-state index contributed by atoms with van der Waals surface area (Å²) in [5.74, 6) is -2.09. The van der Waals surface area contributed by atoms with Crippen LogP contribution in [0, 0.1) is 18.6 Å². The van der Waals surface area contributed by atoms with Crippen molar-refractivity contribution >= 4 is 24.2 Å². The summed E-state index contributed by atoms with van der Waals surface area (Å²) in [6.45, 7) is 5.67. The third-order valence-electron chi connectivity index (χ3n) is 7.00. The van der Waals surface area contributed by atoms with E-state index in [0.717, 1.165) is 0 Å². The van der Waals surface area contributed by atoms with Crippen LogP contribution in [-0.4, -0.2) is 37.9 Å². The number of pyridine rings is 1. The number of aromatic hydroxyl groups is 1. The normalized spacial score (nSPS) is 12.5. The van der Waals surface area contributed by atoms with Gasteiger partial charge in [-0.2, -0.15) is 0 Å². The summed E-state index contributed by atoms with van der Waals surface area (Å²) in [6, 6.07) is 16.1. The number of halogens is 2. The van der Waals surface area contributed by atoms with Crippen LogP contribution in [0.5, 0.6) is 5.75 Å². The van der Waals surface area contributed by atoms with E-state index in [0.29, 0.717) is 33.4 Å². The van der Waals surface area contributed by atoms with Gasteiger partial charge in [-0.25, -0.2) is 13.5 Å². The Morgan fingerprint density at radius 2 is 1.66 bits per heavy atom. The molecule has 0 bridgehead atoms. The van der Waals surface area contributed by atoms with Crippen molar-refractivity contribution < 1.29 is 27.5 Å². The molecule has 3 aromatic carbocycles. The first-order valence-corrected chi connectivity index (χ1v) is 15.6. The van der Waals surface area contributed by atoms with Gasteiger partial charge in [0.2, 0.25) is 0 Å². The second-order valence-electron chi connectivity index (χ2n) is 10.1. The van der Waals surface area contributed by atoms with Crippen molar-refractivity contribution in [2.75, 3.05) is 18.5 Å². The van der Waals surface area contributed by atoms with E-state index in [2.05, 4.69) is 15.6 Å². The molecule has 0 saturated heterocycles. The third-order valence-corrected chi connectivity index (χ3v) is 9.28. The van der Waals surface area contributed by atoms with Crippen LogP contribution < -0.4 is 10.9 Å². The van der Waals surface area contributed by atoms with Crippen molar-refractivity contribution in [1.29, 1.82) is 0 Å². The number of benzene rings is 3. The van der Waals surface area contributed by atoms with Gasteiger partial charge in [0.25, 0.3) is 5.56 Å². The molecule has 230 valence electrons. The number of fused-ring (bicyclic) bond motifs is 1. The fraction of sp³-hybridized carbons (Fsp3) is 0.258. The molecule has 0 fully saturated rings. The van der Waals surface area contributed by atoms with Crippen molar-refractivity contribution in [3.05, 3.63) is 117 Å². The molecule has 0 radical (unpaired) electrons. The number of phenolic OH excluding ortho intramolecular Hbond substituents is 1. The SMILES string of the molecule is CCOP(=O)(OCC)C(Nc1ccc(F)cc1)c1cc(Cn2cc(Cn3c(=O)cc(C)c4cc(F)ccc43)nn2)ccc1O. The van der Waals surface area contributed by atoms with Gasteiger partial charge in [0, 0.05) is 22.7 Å². The zero-order valence-electron chi connectivity index (χ0n) is 24.4. The average Bonchev–Trinajstić information content (AvgIpc) is 3.43. The molecule has 10 nitrogen and oxygen atoms in total. The minimum absolute atomic E-state index is 0.0926. The van der Waals surface area contributed by atoms with E-state index in [4.69, 9.17) is 9.05 Å². The smallest absolute Gasteiger partial charge is 0.357 e. The number of aryl methyl sites for hydroxylation is 1. The minimum Gasteiger partial charge on any atom is -0.508 e. The summed E-state index contributed by atoms with van der Waals surface area (Å²) in [5, 5.41) is 23.0. The van der Waals surface area contributed by atoms with E-state index in [1.54, 1.807) is 49.8 Å². The predicted octanol–water partition coefficient (Wildman–Crippen LogP) is 6.36. The topological polar surface area (TPSA) is 121 Å². The van der Waals surface area contributed by atoms with Gasteiger partial charge < -0.3 is 24.0 Å². The van der Waals surface area contributed by atoms with Crippen LogP contribution in [0.15, 0.2) is 77.7 Å². The predicted molar refractivity (Wildman–Crippen MR) is 163 cm³/mol. The molecule has 0 aliphatic rings. The van der Waals surface area contributed by atoms with Crippen molar-refractivity contribution in [3.63, 3.8) is 0 Å². The Kier molecular flexibility index (Phi) is 9.24. The van der Waals surface area contributed by atoms with E-state index in [9.17, 15) is 23.2 Å². The monoisotopic (exact) mass is 623 g/mol. The first-order valence-electron chi connectivity index (χ1n) is 14.0. The highest BCUT2D eigenvalue weighted by Gasteiger charge is 2.39. The van der Waals surface area contributed by atoms with Gasteiger partial charge in [0.15, 0.2) is 5.78 Å². The molecule has 0 aliphatic carbocycles. The Labute approximate surface area is 252 Å². The highest BCUT2D eigenvalue weighted by atomic mass is 31.2. The standard InChI is InChI=1S/C31H32F2N5O5P/c1-4-42-44(41,43-5-2)31(34-24-10-7-22(32)8-11-24)27-15-21(6-13-29(27)39)17-37-18-25(35-36-37)19-38-28-12-9-23(33)16-26(28)20(3)14-30(38)40/h6-16,18,31,34,39H,4-5,17,19H2,1-3H3. The molecular formula is C31H32F2N5O5P. The second-order valence-corrected chi connectivity index (χ2v) is 12.3. The fourth-order valence-electron chi connectivity index (χ4n) is 5.02. The van der Waals surface area contributed by atoms with Crippen LogP contribution >= 0.6 is 7.60 Å². The van der Waals surface area contributed by atoms with Crippen molar-refractivity contribution in [2.24, 2.45) is 0 Å². The van der Waals surface area contributed by atoms with Crippen LogP contribution in [0.4, 0.5) is 14.5 Å². The van der Waals surface area contributed by atoms with Gasteiger partial charge in [-0.05, 0) is 86.5 Å². The van der Waals surface area contributed by atoms with Gasteiger partial charge in [-0.1, -0.05) is 11.3 Å². The summed E-state index contributed by atoms with van der Waals surface area (Å²) in [7, 11) is -3.88. The Morgan fingerprint density at radius 3 is 2.36 bits per heavy atom. The van der Waals surface area contributed by atoms with Gasteiger partial charge in [0.1, 0.15) is 23.1 Å². The molecule has 5 aromatic rings. The number of phenols is 1. The first-order chi connectivity index (χ1) is 21.1. The Balaban J connectivity index is 1.44. The highest BCUT2D eigenvalue weighted by molar-refractivity contribution is 7.54. The van der Waals surface area contributed by atoms with Crippen LogP contribution in [0.2, 0.25) is 0 Å². The van der Waals surface area contributed by atoms with Crippen molar-refractivity contribution in [2.45, 2.75) is 39.6 Å². The molecule has 13 heteroatoms. The molecule has 0 saturated carbocycles. The average molecular weight is 624 g/mol. The van der Waals surface area contributed by atoms with E-state index in [1.165, 1.54) is 53.1 Å². The van der Waals surface area contributed by atoms with Gasteiger partial charge >= 0.3 is 7.60 Å². The maximum Gasteiger partial charge on any atom is 0.357 e. The maximum absolute atomic E-state index is 14.0. The van der Waals surface area contributed by atoms with Crippen molar-refractivity contribution in [3.8, 4) is 5.75 Å². The summed E-state index contributed by atoms with van der Waals surface area (Å²) in [5.41, 5.74) is 2.92. The number of hydrogen-bond acceptors (Lipinski definition) is 8. The minimum atomic E-state index is -3.88. The van der Waals surface area contributed by atoms with E-state index < -0.39 is 19.2 Å². The Bertz CT molecular complexity index is 1880. The van der Waals surface area contributed by atoms with Crippen LogP contribution in [0.25, 0.3) is 10.9 Å². The molecule has 0 amide bonds. The number of rotatable bonds is 12. The molecule has 2 aromatic heterocycles. The number of aromatic nitrogens is 4. The zero-order valence-corrected chi connectivity index (χ0v) is 25.3. The molecular weight excluding hydrogens is 591 g/mol. The lowest BCUT2D eigenvalue weighted by Gasteiger charge is -2.29. The molecule has 2 N–H and O–H groups in total. The number of nitrogens with one attached hydrogen (secondary N) is 1. The molecule has 44 heavy (non-hydrogen) atoms. The molecule has 0 spiro atoms. The molecule has 2 heterocycles. The first kappa shape index (κ1) is 31.1. The summed E-state index contributed by atoms with van der Waals surface area (Å²) >= 11 is 0. The van der Waals surface area contributed by atoms with Crippen LogP contribution in [0.1, 0.15) is 42.0 Å². The molecule has 1 atom stereocenters. The fourth-order valence-corrected chi connectivity index (χ4v) is 6.97. The molecule has 0 aliphatic heterocycles. The molecule has 1 unspecified atom stereocenters. The van der Waals surface area contributed by atoms with Gasteiger partial charge in [0.05, 0.1) is 38.0 Å². The summed E-state index contributed by atoms with van der Waals surface area (Å²) < 4.78 is 55.7.